The minimum Gasteiger partial charge on any atom is -0.480 e. The van der Waals surface area contributed by atoms with Crippen molar-refractivity contribution in [2.45, 2.75) is 19.1 Å². The summed E-state index contributed by atoms with van der Waals surface area (Å²) in [5.41, 5.74) is 0. The smallest absolute Gasteiger partial charge is 0.328 e. The highest BCUT2D eigenvalue weighted by Gasteiger charge is 2.25. The average molecular weight is 231 g/mol. The summed E-state index contributed by atoms with van der Waals surface area (Å²) in [7, 11) is 0. The predicted octanol–water partition coefficient (Wildman–Crippen LogP) is -0.898. The van der Waals surface area contributed by atoms with E-state index in [9.17, 15) is 9.59 Å². The highest BCUT2D eigenvalue weighted by Crippen LogP contribution is 2.03. The van der Waals surface area contributed by atoms with E-state index in [-0.39, 0.29) is 4.88 Å². The normalized spacial score (nSPS) is 14.3. The monoisotopic (exact) mass is 231 g/mol. The molecule has 8 heteroatoms. The summed E-state index contributed by atoms with van der Waals surface area (Å²) in [4.78, 5) is 22.2. The Morgan fingerprint density at radius 3 is 2.67 bits per heavy atom. The third-order valence-electron chi connectivity index (χ3n) is 1.62. The van der Waals surface area contributed by atoms with Crippen LogP contribution in [-0.2, 0) is 4.79 Å². The topological polar surface area (TPSA) is 112 Å². The molecular weight excluding hydrogens is 222 g/mol. The lowest BCUT2D eigenvalue weighted by atomic mass is 10.2. The first-order valence-corrected chi connectivity index (χ1v) is 4.79. The first-order chi connectivity index (χ1) is 7.02. The number of aliphatic hydroxyl groups excluding tert-OH is 1. The van der Waals surface area contributed by atoms with E-state index < -0.39 is 24.0 Å². The molecule has 1 amide bonds. The summed E-state index contributed by atoms with van der Waals surface area (Å²) in [5, 5.41) is 23.4. The van der Waals surface area contributed by atoms with Crippen LogP contribution in [-0.4, -0.2) is 43.8 Å². The Labute approximate surface area is 88.9 Å². The Bertz CT molecular complexity index is 351. The van der Waals surface area contributed by atoms with Crippen molar-refractivity contribution in [2.75, 3.05) is 0 Å². The molecule has 1 aromatic heterocycles. The maximum Gasteiger partial charge on any atom is 0.328 e. The fourth-order valence-electron chi connectivity index (χ4n) is 0.868. The average Bonchev–Trinajstić information content (AvgIpc) is 2.65. The molecule has 0 bridgehead atoms. The highest BCUT2D eigenvalue weighted by atomic mass is 32.1. The molecule has 0 fully saturated rings. The van der Waals surface area contributed by atoms with Gasteiger partial charge in [0.15, 0.2) is 6.04 Å². The molecule has 0 aromatic carbocycles. The molecule has 2 atom stereocenters. The van der Waals surface area contributed by atoms with Gasteiger partial charge in [0.05, 0.1) is 12.3 Å². The zero-order valence-corrected chi connectivity index (χ0v) is 8.56. The minimum atomic E-state index is -1.33. The van der Waals surface area contributed by atoms with Gasteiger partial charge in [-0.2, -0.15) is 0 Å². The zero-order valence-electron chi connectivity index (χ0n) is 7.75. The largest absolute Gasteiger partial charge is 0.480 e. The number of nitrogens with one attached hydrogen (secondary N) is 1. The van der Waals surface area contributed by atoms with E-state index in [2.05, 4.69) is 14.9 Å². The number of nitrogens with zero attached hydrogens (tertiary/aromatic N) is 2. The molecule has 15 heavy (non-hydrogen) atoms. The van der Waals surface area contributed by atoms with Crippen molar-refractivity contribution in [1.82, 2.24) is 14.9 Å². The van der Waals surface area contributed by atoms with Gasteiger partial charge in [-0.05, 0) is 18.5 Å². The van der Waals surface area contributed by atoms with Gasteiger partial charge in [-0.15, -0.1) is 5.10 Å². The number of hydrogen-bond acceptors (Lipinski definition) is 6. The predicted molar refractivity (Wildman–Crippen MR) is 50.5 cm³/mol. The molecule has 0 saturated heterocycles. The lowest BCUT2D eigenvalue weighted by molar-refractivity contribution is -0.141. The van der Waals surface area contributed by atoms with Gasteiger partial charge in [0, 0.05) is 0 Å². The Morgan fingerprint density at radius 1 is 1.60 bits per heavy atom. The number of carbonyl (C=O) groups excluding carboxylic acids is 1. The van der Waals surface area contributed by atoms with Crippen LogP contribution in [0.4, 0.5) is 0 Å². The van der Waals surface area contributed by atoms with Gasteiger partial charge in [0.1, 0.15) is 4.88 Å². The molecule has 0 radical (unpaired) electrons. The number of aromatic nitrogens is 2. The third kappa shape index (κ3) is 2.96. The van der Waals surface area contributed by atoms with E-state index in [0.717, 1.165) is 11.5 Å². The van der Waals surface area contributed by atoms with E-state index in [4.69, 9.17) is 10.2 Å². The molecule has 2 unspecified atom stereocenters. The summed E-state index contributed by atoms with van der Waals surface area (Å²) in [6.07, 6.45) is 0.0494. The second-order valence-electron chi connectivity index (χ2n) is 2.81. The molecular formula is C7H9N3O4S. The highest BCUT2D eigenvalue weighted by molar-refractivity contribution is 7.07. The first kappa shape index (κ1) is 11.5. The van der Waals surface area contributed by atoms with Crippen molar-refractivity contribution in [3.8, 4) is 0 Å². The number of carboxylic acids is 1. The van der Waals surface area contributed by atoms with Gasteiger partial charge < -0.3 is 15.5 Å². The maximum atomic E-state index is 11.4. The van der Waals surface area contributed by atoms with Gasteiger partial charge in [0.2, 0.25) is 0 Å². The number of rotatable bonds is 4. The minimum absolute atomic E-state index is 0.196. The molecule has 0 aliphatic rings. The number of carbonyl (C=O) groups is 2. The Kier molecular flexibility index (Phi) is 3.69. The van der Waals surface area contributed by atoms with Crippen molar-refractivity contribution in [1.29, 1.82) is 0 Å². The van der Waals surface area contributed by atoms with Crippen molar-refractivity contribution in [2.24, 2.45) is 0 Å². The lowest BCUT2D eigenvalue weighted by Crippen LogP contribution is -2.47. The molecule has 7 nitrogen and oxygen atoms in total. The number of carboxylic acid groups (broad SMARTS) is 1. The molecule has 1 rings (SSSR count). The van der Waals surface area contributed by atoms with Crippen molar-refractivity contribution < 1.29 is 19.8 Å². The SMILES string of the molecule is CC(O)C(NC(=O)c1cnns1)C(=O)O. The third-order valence-corrected chi connectivity index (χ3v) is 2.28. The Hall–Kier alpha value is -1.54. The van der Waals surface area contributed by atoms with Crippen LogP contribution in [0.15, 0.2) is 6.20 Å². The standard InChI is InChI=1S/C7H9N3O4S/c1-3(11)5(7(13)14)9-6(12)4-2-8-10-15-4/h2-3,5,11H,1H3,(H,9,12)(H,13,14). The van der Waals surface area contributed by atoms with Gasteiger partial charge in [-0.25, -0.2) is 4.79 Å². The van der Waals surface area contributed by atoms with Crippen LogP contribution in [0.2, 0.25) is 0 Å². The summed E-state index contributed by atoms with van der Waals surface area (Å²) < 4.78 is 3.46. The molecule has 0 aliphatic carbocycles. The molecule has 0 saturated carbocycles. The van der Waals surface area contributed by atoms with Crippen LogP contribution in [0.3, 0.4) is 0 Å². The number of amides is 1. The molecule has 3 N–H and O–H groups in total. The Balaban J connectivity index is 2.67. The maximum absolute atomic E-state index is 11.4. The zero-order chi connectivity index (χ0) is 11.4. The fourth-order valence-corrected chi connectivity index (χ4v) is 1.29. The van der Waals surface area contributed by atoms with E-state index in [0.29, 0.717) is 0 Å². The number of aliphatic carboxylic acids is 1. The van der Waals surface area contributed by atoms with Gasteiger partial charge in [-0.1, -0.05) is 4.49 Å². The van der Waals surface area contributed by atoms with Crippen LogP contribution in [0.1, 0.15) is 16.6 Å². The first-order valence-electron chi connectivity index (χ1n) is 4.01. The van der Waals surface area contributed by atoms with Crippen molar-refractivity contribution in [3.05, 3.63) is 11.1 Å². The van der Waals surface area contributed by atoms with Crippen molar-refractivity contribution >= 4 is 23.4 Å². The summed E-state index contributed by atoms with van der Waals surface area (Å²) in [5.74, 6) is -1.91. The second-order valence-corrected chi connectivity index (χ2v) is 3.60. The number of hydrogen-bond donors (Lipinski definition) is 3. The van der Waals surface area contributed by atoms with Crippen LogP contribution in [0, 0.1) is 0 Å². The summed E-state index contributed by atoms with van der Waals surface area (Å²) in [6.45, 7) is 1.28. The van der Waals surface area contributed by atoms with E-state index >= 15 is 0 Å². The summed E-state index contributed by atoms with van der Waals surface area (Å²) in [6, 6.07) is -1.33. The van der Waals surface area contributed by atoms with Gasteiger partial charge in [0.25, 0.3) is 5.91 Å². The van der Waals surface area contributed by atoms with E-state index in [1.807, 2.05) is 0 Å². The van der Waals surface area contributed by atoms with Crippen LogP contribution >= 0.6 is 11.5 Å². The Morgan fingerprint density at radius 2 is 2.27 bits per heavy atom. The van der Waals surface area contributed by atoms with E-state index in [1.54, 1.807) is 0 Å². The van der Waals surface area contributed by atoms with Gasteiger partial charge >= 0.3 is 5.97 Å². The van der Waals surface area contributed by atoms with E-state index in [1.165, 1.54) is 13.1 Å². The molecule has 0 aliphatic heterocycles. The second kappa shape index (κ2) is 4.80. The summed E-state index contributed by atoms with van der Waals surface area (Å²) >= 11 is 0.849. The molecule has 1 aromatic rings. The lowest BCUT2D eigenvalue weighted by Gasteiger charge is -2.15. The van der Waals surface area contributed by atoms with Crippen LogP contribution in [0.25, 0.3) is 0 Å². The van der Waals surface area contributed by atoms with Crippen LogP contribution < -0.4 is 5.32 Å². The molecule has 82 valence electrons. The molecule has 1 heterocycles. The quantitative estimate of drug-likeness (QED) is 0.619. The van der Waals surface area contributed by atoms with Crippen molar-refractivity contribution in [3.63, 3.8) is 0 Å². The number of aliphatic hydroxyl groups is 1. The van der Waals surface area contributed by atoms with Gasteiger partial charge in [-0.3, -0.25) is 4.79 Å². The fraction of sp³-hybridized carbons (Fsp3) is 0.429. The van der Waals surface area contributed by atoms with Crippen LogP contribution in [0.5, 0.6) is 0 Å². The molecule has 0 spiro atoms.